The molecule has 4 aromatic carbocycles. The molecule has 1 aromatic heterocycles. The molecule has 47 heavy (non-hydrogen) atoms. The normalized spacial score (nSPS) is 15.6. The van der Waals surface area contributed by atoms with Crippen molar-refractivity contribution in [3.8, 4) is 5.75 Å². The average molecular weight is 655 g/mol. The zero-order chi connectivity index (χ0) is 33.7. The van der Waals surface area contributed by atoms with Gasteiger partial charge >= 0.3 is 5.97 Å². The van der Waals surface area contributed by atoms with Crippen LogP contribution in [-0.2, 0) is 21.7 Å². The molecule has 1 unspecified atom stereocenters. The van der Waals surface area contributed by atoms with Gasteiger partial charge in [-0.15, -0.1) is 0 Å². The molecule has 0 radical (unpaired) electrons. The summed E-state index contributed by atoms with van der Waals surface area (Å²) in [6, 6.07) is 23.3. The number of nitrogens with zero attached hydrogens (tertiary/aromatic N) is 4. The first-order chi connectivity index (χ1) is 22.5. The molecule has 0 amide bonds. The lowest BCUT2D eigenvalue weighted by atomic mass is 9.88. The van der Waals surface area contributed by atoms with E-state index in [1.165, 1.54) is 36.4 Å². The van der Waals surface area contributed by atoms with E-state index in [-0.39, 0.29) is 29.5 Å². The first kappa shape index (κ1) is 32.5. The van der Waals surface area contributed by atoms with Gasteiger partial charge in [-0.05, 0) is 73.5 Å². The molecule has 5 aromatic rings. The summed E-state index contributed by atoms with van der Waals surface area (Å²) in [5, 5.41) is 33.0. The quantitative estimate of drug-likeness (QED) is 0.0826. The number of nitro benzene ring substituents is 2. The monoisotopic (exact) mass is 654 g/mol. The number of rotatable bonds is 9. The Labute approximate surface area is 271 Å². The average Bonchev–Trinajstić information content (AvgIpc) is 3.63. The predicted octanol–water partition coefficient (Wildman–Crippen LogP) is 6.19. The minimum atomic E-state index is -2.04. The highest BCUT2D eigenvalue weighted by Gasteiger charge is 2.48. The van der Waals surface area contributed by atoms with Crippen LogP contribution in [0.25, 0.3) is 16.6 Å². The molecule has 2 heterocycles. The van der Waals surface area contributed by atoms with E-state index in [0.717, 1.165) is 11.7 Å². The highest BCUT2D eigenvalue weighted by molar-refractivity contribution is 7.00. The third-order valence-electron chi connectivity index (χ3n) is 7.08. The Hall–Kier alpha value is -5.86. The first-order valence-corrected chi connectivity index (χ1v) is 14.8. The number of hydrogen-bond donors (Lipinski definition) is 1. The van der Waals surface area contributed by atoms with Gasteiger partial charge in [0.1, 0.15) is 23.1 Å². The fourth-order valence-corrected chi connectivity index (χ4v) is 5.37. The van der Waals surface area contributed by atoms with Crippen LogP contribution >= 0.6 is 11.7 Å². The highest BCUT2D eigenvalue weighted by atomic mass is 32.1. The Bertz CT molecular complexity index is 1990. The Kier molecular flexibility index (Phi) is 9.44. The number of benzene rings is 4. The van der Waals surface area contributed by atoms with Crippen LogP contribution in [0.1, 0.15) is 40.9 Å². The van der Waals surface area contributed by atoms with Gasteiger partial charge < -0.3 is 14.6 Å². The summed E-state index contributed by atoms with van der Waals surface area (Å²) in [7, 11) is 0. The maximum Gasteiger partial charge on any atom is 0.342 e. The third-order valence-corrected chi connectivity index (χ3v) is 7.64. The SMILES string of the molecule is CC(C)Oc1ccc(C2(O)OC(=O)C(c3ccc4nsnc4c3)=C2Cc2ccc([N+](=O)[O-])cc2)cc1.O=Cc1ccc([N+](=O)[O-])cc1. The number of carbonyl (C=O) groups is 2. The number of esters is 1. The van der Waals surface area contributed by atoms with Gasteiger partial charge in [-0.1, -0.05) is 18.2 Å². The standard InChI is InChI=1S/C26H21N3O6S.C7H5NO3/c1-15(2)34-20-10-6-18(7-11-20)26(31)21(13-16-3-8-19(9-4-16)29(32)33)24(25(30)35-26)17-5-12-22-23(14-17)28-36-27-22;9-5-6-1-3-7(4-2-6)8(10)11/h3-12,14-15,31H,13H2,1-2H3;1-5H. The molecule has 0 fully saturated rings. The van der Waals surface area contributed by atoms with Crippen molar-refractivity contribution in [1.82, 2.24) is 8.75 Å². The molecular weight excluding hydrogens is 628 g/mol. The number of nitro groups is 2. The maximum absolute atomic E-state index is 13.2. The molecule has 0 saturated carbocycles. The molecule has 1 aliphatic heterocycles. The van der Waals surface area contributed by atoms with Gasteiger partial charge in [-0.2, -0.15) is 8.75 Å². The van der Waals surface area contributed by atoms with Crippen LogP contribution in [0, 0.1) is 20.2 Å². The van der Waals surface area contributed by atoms with Gasteiger partial charge in [0.25, 0.3) is 17.2 Å². The fourth-order valence-electron chi connectivity index (χ4n) is 4.86. The summed E-state index contributed by atoms with van der Waals surface area (Å²) < 4.78 is 19.8. The van der Waals surface area contributed by atoms with E-state index >= 15 is 0 Å². The lowest BCUT2D eigenvalue weighted by Crippen LogP contribution is -2.29. The second-order valence-electron chi connectivity index (χ2n) is 10.6. The van der Waals surface area contributed by atoms with E-state index in [4.69, 9.17) is 9.47 Å². The van der Waals surface area contributed by atoms with Crippen LogP contribution in [0.5, 0.6) is 5.75 Å². The molecule has 1 N–H and O–H groups in total. The van der Waals surface area contributed by atoms with Gasteiger partial charge in [0.2, 0.25) is 0 Å². The fraction of sp³-hybridized carbons (Fsp3) is 0.152. The number of cyclic esters (lactones) is 1. The number of aldehydes is 1. The smallest absolute Gasteiger partial charge is 0.342 e. The molecule has 0 saturated heterocycles. The van der Waals surface area contributed by atoms with Crippen molar-refractivity contribution in [3.63, 3.8) is 0 Å². The van der Waals surface area contributed by atoms with E-state index in [2.05, 4.69) is 8.75 Å². The Balaban J connectivity index is 0.000000335. The van der Waals surface area contributed by atoms with Crippen molar-refractivity contribution in [2.24, 2.45) is 0 Å². The van der Waals surface area contributed by atoms with Crippen LogP contribution in [0.3, 0.4) is 0 Å². The van der Waals surface area contributed by atoms with Crippen molar-refractivity contribution >= 4 is 52.0 Å². The summed E-state index contributed by atoms with van der Waals surface area (Å²) in [4.78, 5) is 43.5. The lowest BCUT2D eigenvalue weighted by Gasteiger charge is -2.26. The van der Waals surface area contributed by atoms with E-state index in [9.17, 15) is 34.9 Å². The van der Waals surface area contributed by atoms with Gasteiger partial charge in [0.15, 0.2) is 0 Å². The number of hydrogen-bond acceptors (Lipinski definition) is 12. The summed E-state index contributed by atoms with van der Waals surface area (Å²) in [5.41, 5.74) is 3.80. The van der Waals surface area contributed by atoms with Gasteiger partial charge in [-0.3, -0.25) is 25.0 Å². The van der Waals surface area contributed by atoms with E-state index < -0.39 is 21.6 Å². The highest BCUT2D eigenvalue weighted by Crippen LogP contribution is 2.45. The lowest BCUT2D eigenvalue weighted by molar-refractivity contribution is -0.385. The second-order valence-corrected chi connectivity index (χ2v) is 11.1. The largest absolute Gasteiger partial charge is 0.491 e. The van der Waals surface area contributed by atoms with Crippen molar-refractivity contribution in [1.29, 1.82) is 0 Å². The summed E-state index contributed by atoms with van der Waals surface area (Å²) in [5.74, 6) is -2.11. The maximum atomic E-state index is 13.2. The van der Waals surface area contributed by atoms with Crippen LogP contribution in [0.15, 0.2) is 96.6 Å². The number of carbonyl (C=O) groups excluding carboxylic acids is 2. The van der Waals surface area contributed by atoms with E-state index in [1.54, 1.807) is 54.6 Å². The third kappa shape index (κ3) is 7.19. The molecule has 1 aliphatic rings. The molecule has 14 heteroatoms. The van der Waals surface area contributed by atoms with Gasteiger partial charge in [0.05, 0.1) is 33.3 Å². The molecule has 1 atom stereocenters. The molecule has 0 bridgehead atoms. The number of aliphatic hydroxyl groups is 1. The van der Waals surface area contributed by atoms with Crippen molar-refractivity contribution in [2.75, 3.05) is 0 Å². The van der Waals surface area contributed by atoms with Crippen molar-refractivity contribution < 1.29 is 34.0 Å². The molecular formula is C33H26N4O9S. The Morgan fingerprint density at radius 2 is 1.49 bits per heavy atom. The Morgan fingerprint density at radius 3 is 2.06 bits per heavy atom. The van der Waals surface area contributed by atoms with E-state index in [1.807, 2.05) is 13.8 Å². The summed E-state index contributed by atoms with van der Waals surface area (Å²) >= 11 is 1.07. The van der Waals surface area contributed by atoms with Gasteiger partial charge in [0, 0.05) is 47.4 Å². The Morgan fingerprint density at radius 1 is 0.894 bits per heavy atom. The first-order valence-electron chi connectivity index (χ1n) is 14.1. The van der Waals surface area contributed by atoms with Crippen molar-refractivity contribution in [2.45, 2.75) is 32.2 Å². The molecule has 0 aliphatic carbocycles. The van der Waals surface area contributed by atoms with Crippen LogP contribution in [-0.4, -0.2) is 42.1 Å². The topological polar surface area (TPSA) is 185 Å². The molecule has 13 nitrogen and oxygen atoms in total. The zero-order valence-corrected chi connectivity index (χ0v) is 25.7. The van der Waals surface area contributed by atoms with Gasteiger partial charge in [-0.25, -0.2) is 4.79 Å². The van der Waals surface area contributed by atoms with E-state index in [0.29, 0.717) is 50.9 Å². The zero-order valence-electron chi connectivity index (χ0n) is 24.9. The second kappa shape index (κ2) is 13.6. The van der Waals surface area contributed by atoms with Crippen LogP contribution in [0.4, 0.5) is 11.4 Å². The predicted molar refractivity (Wildman–Crippen MR) is 172 cm³/mol. The molecule has 6 rings (SSSR count). The summed E-state index contributed by atoms with van der Waals surface area (Å²) in [6.45, 7) is 3.82. The minimum Gasteiger partial charge on any atom is -0.491 e. The van der Waals surface area contributed by atoms with Crippen molar-refractivity contribution in [3.05, 3.63) is 139 Å². The number of ether oxygens (including phenoxy) is 2. The minimum absolute atomic E-state index is 0.00407. The molecule has 0 spiro atoms. The number of aromatic nitrogens is 2. The van der Waals surface area contributed by atoms with Crippen LogP contribution < -0.4 is 4.74 Å². The van der Waals surface area contributed by atoms with Crippen LogP contribution in [0.2, 0.25) is 0 Å². The summed E-state index contributed by atoms with van der Waals surface area (Å²) in [6.07, 6.45) is 0.735. The number of non-ortho nitro benzene ring substituents is 2. The molecule has 238 valence electrons. The number of fused-ring (bicyclic) bond motifs is 1.